The Morgan fingerprint density at radius 2 is 1.68 bits per heavy atom. The molecule has 0 amide bonds. The van der Waals surface area contributed by atoms with E-state index in [1.165, 1.54) is 42.5 Å². The van der Waals surface area contributed by atoms with Gasteiger partial charge < -0.3 is 0 Å². The molecule has 0 bridgehead atoms. The summed E-state index contributed by atoms with van der Waals surface area (Å²) < 4.78 is 90.0. The van der Waals surface area contributed by atoms with Crippen LogP contribution in [0, 0.1) is 11.8 Å². The van der Waals surface area contributed by atoms with Gasteiger partial charge >= 0.3 is 6.18 Å². The number of nitrogens with zero attached hydrogens (tertiary/aromatic N) is 3. The van der Waals surface area contributed by atoms with Crippen molar-refractivity contribution in [3.8, 4) is 23.1 Å². The van der Waals surface area contributed by atoms with Crippen LogP contribution in [0.25, 0.3) is 16.9 Å². The van der Waals surface area contributed by atoms with Gasteiger partial charge in [-0.3, -0.25) is 0 Å². The number of primary sulfonamides is 1. The van der Waals surface area contributed by atoms with E-state index < -0.39 is 33.9 Å². The van der Waals surface area contributed by atoms with Crippen molar-refractivity contribution in [3.05, 3.63) is 83.2 Å². The summed E-state index contributed by atoms with van der Waals surface area (Å²) >= 11 is 0. The zero-order valence-electron chi connectivity index (χ0n) is 16.9. The van der Waals surface area contributed by atoms with E-state index in [1.807, 2.05) is 0 Å². The first kappa shape index (κ1) is 23.3. The first-order valence-electron chi connectivity index (χ1n) is 9.43. The molecule has 174 valence electrons. The SMILES string of the molecule is NS(=O)(=O)c1ccc(C#Cc2cc3nc(-c4cccc(C(F)(F)F)c4)cc(C(F)F)n3n2)cc1. The molecule has 2 N–H and O–H groups in total. The number of alkyl halides is 5. The van der Waals surface area contributed by atoms with E-state index in [0.29, 0.717) is 5.56 Å². The summed E-state index contributed by atoms with van der Waals surface area (Å²) in [6.07, 6.45) is -7.58. The highest BCUT2D eigenvalue weighted by Gasteiger charge is 2.30. The van der Waals surface area contributed by atoms with E-state index in [-0.39, 0.29) is 27.5 Å². The predicted octanol–water partition coefficient (Wildman–Crippen LogP) is 4.40. The van der Waals surface area contributed by atoms with Crippen LogP contribution in [0.3, 0.4) is 0 Å². The largest absolute Gasteiger partial charge is 0.416 e. The molecule has 4 rings (SSSR count). The molecule has 0 unspecified atom stereocenters. The molecule has 2 heterocycles. The van der Waals surface area contributed by atoms with Crippen molar-refractivity contribution in [1.82, 2.24) is 14.6 Å². The van der Waals surface area contributed by atoms with Gasteiger partial charge in [0.25, 0.3) is 6.43 Å². The Morgan fingerprint density at radius 3 is 2.29 bits per heavy atom. The van der Waals surface area contributed by atoms with Crippen molar-refractivity contribution in [2.24, 2.45) is 5.14 Å². The first-order valence-corrected chi connectivity index (χ1v) is 11.0. The Hall–Kier alpha value is -3.82. The maximum Gasteiger partial charge on any atom is 0.416 e. The van der Waals surface area contributed by atoms with Crippen molar-refractivity contribution in [3.63, 3.8) is 0 Å². The fraction of sp³-hybridized carbons (Fsp3) is 0.0909. The second kappa shape index (κ2) is 8.51. The van der Waals surface area contributed by atoms with Crippen LogP contribution in [0.1, 0.15) is 28.9 Å². The summed E-state index contributed by atoms with van der Waals surface area (Å²) in [7, 11) is -3.86. The summed E-state index contributed by atoms with van der Waals surface area (Å²) in [5.41, 5.74) is -1.10. The minimum Gasteiger partial charge on any atom is -0.228 e. The normalized spacial score (nSPS) is 12.1. The van der Waals surface area contributed by atoms with Crippen molar-refractivity contribution in [2.75, 3.05) is 0 Å². The quantitative estimate of drug-likeness (QED) is 0.339. The van der Waals surface area contributed by atoms with Crippen LogP contribution in [-0.4, -0.2) is 23.0 Å². The standard InChI is InChI=1S/C22H13F5N4O2S/c23-21(24)19-12-18(14-2-1-3-15(10-14)22(25,26)27)29-20-11-16(30-31(19)20)7-4-13-5-8-17(9-6-13)34(28,32)33/h1-3,5-6,8-12,21H,(H2,28,32,33). The highest BCUT2D eigenvalue weighted by Crippen LogP contribution is 2.33. The maximum absolute atomic E-state index is 13.7. The number of aromatic nitrogens is 3. The lowest BCUT2D eigenvalue weighted by Gasteiger charge is -2.10. The molecule has 0 fully saturated rings. The summed E-state index contributed by atoms with van der Waals surface area (Å²) in [5, 5.41) is 9.04. The third-order valence-electron chi connectivity index (χ3n) is 4.68. The second-order valence-electron chi connectivity index (χ2n) is 7.06. The molecule has 2 aromatic heterocycles. The lowest BCUT2D eigenvalue weighted by Crippen LogP contribution is -2.11. The highest BCUT2D eigenvalue weighted by molar-refractivity contribution is 7.89. The zero-order chi connectivity index (χ0) is 24.7. The lowest BCUT2D eigenvalue weighted by atomic mass is 10.1. The smallest absolute Gasteiger partial charge is 0.228 e. The second-order valence-corrected chi connectivity index (χ2v) is 8.63. The van der Waals surface area contributed by atoms with E-state index >= 15 is 0 Å². The van der Waals surface area contributed by atoms with Crippen molar-refractivity contribution in [2.45, 2.75) is 17.5 Å². The summed E-state index contributed by atoms with van der Waals surface area (Å²) in [5.74, 6) is 5.38. The summed E-state index contributed by atoms with van der Waals surface area (Å²) in [4.78, 5) is 4.08. The monoisotopic (exact) mass is 492 g/mol. The van der Waals surface area contributed by atoms with E-state index in [9.17, 15) is 30.4 Å². The van der Waals surface area contributed by atoms with Gasteiger partial charge in [0.05, 0.1) is 16.2 Å². The number of rotatable bonds is 3. The molecule has 0 aliphatic rings. The van der Waals surface area contributed by atoms with Crippen LogP contribution in [0.2, 0.25) is 0 Å². The van der Waals surface area contributed by atoms with Gasteiger partial charge in [0.1, 0.15) is 11.4 Å². The van der Waals surface area contributed by atoms with Crippen LogP contribution < -0.4 is 5.14 Å². The van der Waals surface area contributed by atoms with Crippen LogP contribution in [0.5, 0.6) is 0 Å². The van der Waals surface area contributed by atoms with Gasteiger partial charge in [-0.1, -0.05) is 18.1 Å². The molecule has 2 aromatic carbocycles. The third-order valence-corrected chi connectivity index (χ3v) is 5.61. The Labute approximate surface area is 189 Å². The molecule has 0 aliphatic heterocycles. The van der Waals surface area contributed by atoms with Gasteiger partial charge in [-0.25, -0.2) is 31.8 Å². The van der Waals surface area contributed by atoms with Crippen LogP contribution in [-0.2, 0) is 16.2 Å². The molecule has 4 aromatic rings. The Bertz CT molecular complexity index is 1550. The third kappa shape index (κ3) is 4.90. The lowest BCUT2D eigenvalue weighted by molar-refractivity contribution is -0.137. The van der Waals surface area contributed by atoms with Crippen LogP contribution in [0.4, 0.5) is 22.0 Å². The molecule has 0 atom stereocenters. The van der Waals surface area contributed by atoms with Crippen molar-refractivity contribution < 1.29 is 30.4 Å². The Kier molecular flexibility index (Phi) is 5.84. The molecule has 0 spiro atoms. The van der Waals surface area contributed by atoms with Gasteiger partial charge in [-0.2, -0.15) is 18.3 Å². The van der Waals surface area contributed by atoms with Gasteiger partial charge in [-0.15, -0.1) is 0 Å². The summed E-state index contributed by atoms with van der Waals surface area (Å²) in [6, 6.07) is 11.9. The molecular weight excluding hydrogens is 479 g/mol. The molecule has 0 saturated carbocycles. The Balaban J connectivity index is 1.75. The van der Waals surface area contributed by atoms with Gasteiger partial charge in [0.2, 0.25) is 10.0 Å². The van der Waals surface area contributed by atoms with Crippen LogP contribution in [0.15, 0.2) is 65.6 Å². The minimum atomic E-state index is -4.60. The topological polar surface area (TPSA) is 90.4 Å². The zero-order valence-corrected chi connectivity index (χ0v) is 17.7. The molecular formula is C22H13F5N4O2S. The number of hydrogen-bond acceptors (Lipinski definition) is 4. The first-order chi connectivity index (χ1) is 15.9. The number of sulfonamides is 1. The molecule has 0 saturated heterocycles. The van der Waals surface area contributed by atoms with Gasteiger partial charge in [0.15, 0.2) is 5.65 Å². The Morgan fingerprint density at radius 1 is 0.971 bits per heavy atom. The van der Waals surface area contributed by atoms with E-state index in [1.54, 1.807) is 0 Å². The van der Waals surface area contributed by atoms with Gasteiger partial charge in [-0.05, 0) is 48.4 Å². The van der Waals surface area contributed by atoms with Gasteiger partial charge in [0, 0.05) is 17.2 Å². The fourth-order valence-electron chi connectivity index (χ4n) is 3.08. The van der Waals surface area contributed by atoms with E-state index in [2.05, 4.69) is 21.9 Å². The number of halogens is 5. The molecule has 12 heteroatoms. The van der Waals surface area contributed by atoms with E-state index in [0.717, 1.165) is 22.7 Å². The van der Waals surface area contributed by atoms with Crippen molar-refractivity contribution >= 4 is 15.7 Å². The van der Waals surface area contributed by atoms with E-state index in [4.69, 9.17) is 5.14 Å². The molecule has 0 aliphatic carbocycles. The molecule has 0 radical (unpaired) electrons. The predicted molar refractivity (Wildman–Crippen MR) is 112 cm³/mol. The number of fused-ring (bicyclic) bond motifs is 1. The summed E-state index contributed by atoms with van der Waals surface area (Å²) in [6.45, 7) is 0. The maximum atomic E-state index is 13.7. The minimum absolute atomic E-state index is 0.0167. The average Bonchev–Trinajstić information content (AvgIpc) is 3.19. The van der Waals surface area contributed by atoms with Crippen LogP contribution >= 0.6 is 0 Å². The highest BCUT2D eigenvalue weighted by atomic mass is 32.2. The number of nitrogens with two attached hydrogens (primary N) is 1. The molecule has 34 heavy (non-hydrogen) atoms. The van der Waals surface area contributed by atoms with Crippen molar-refractivity contribution in [1.29, 1.82) is 0 Å². The average molecular weight is 492 g/mol. The number of hydrogen-bond donors (Lipinski definition) is 1. The molecule has 6 nitrogen and oxygen atoms in total. The number of benzene rings is 2. The fourth-order valence-corrected chi connectivity index (χ4v) is 3.60.